The van der Waals surface area contributed by atoms with Crippen LogP contribution in [0, 0.1) is 18.6 Å². The molecule has 0 aliphatic rings. The fraction of sp³-hybridized carbons (Fsp3) is 0.200. The highest BCUT2D eigenvalue weighted by atomic mass is 35.5. The first kappa shape index (κ1) is 14.0. The molecule has 0 saturated carbocycles. The van der Waals surface area contributed by atoms with E-state index in [9.17, 15) is 13.9 Å². The Kier molecular flexibility index (Phi) is 4.17. The third-order valence-corrected chi connectivity index (χ3v) is 3.11. The van der Waals surface area contributed by atoms with Gasteiger partial charge in [-0.1, -0.05) is 17.7 Å². The number of aryl methyl sites for hydroxylation is 1. The van der Waals surface area contributed by atoms with Gasteiger partial charge in [0.25, 0.3) is 0 Å². The molecule has 0 heterocycles. The van der Waals surface area contributed by atoms with Crippen LogP contribution in [0.4, 0.5) is 8.78 Å². The maximum Gasteiger partial charge on any atom is 0.126 e. The lowest BCUT2D eigenvalue weighted by atomic mass is 9.99. The van der Waals surface area contributed by atoms with Crippen LogP contribution < -0.4 is 0 Å². The van der Waals surface area contributed by atoms with Gasteiger partial charge in [-0.25, -0.2) is 8.78 Å². The zero-order chi connectivity index (χ0) is 14.0. The maximum atomic E-state index is 13.6. The van der Waals surface area contributed by atoms with E-state index in [2.05, 4.69) is 0 Å². The van der Waals surface area contributed by atoms with Crippen LogP contribution in [0.5, 0.6) is 0 Å². The van der Waals surface area contributed by atoms with Crippen molar-refractivity contribution >= 4 is 11.6 Å². The van der Waals surface area contributed by atoms with Crippen molar-refractivity contribution in [1.82, 2.24) is 0 Å². The molecule has 2 rings (SSSR count). The summed E-state index contributed by atoms with van der Waals surface area (Å²) in [5.41, 5.74) is 1.44. The molecule has 0 radical (unpaired) electrons. The Bertz CT molecular complexity index is 578. The number of benzene rings is 2. The van der Waals surface area contributed by atoms with E-state index >= 15 is 0 Å². The van der Waals surface area contributed by atoms with Crippen molar-refractivity contribution in [3.8, 4) is 0 Å². The summed E-state index contributed by atoms with van der Waals surface area (Å²) >= 11 is 5.79. The van der Waals surface area contributed by atoms with Crippen LogP contribution in [-0.2, 0) is 6.42 Å². The Balaban J connectivity index is 2.25. The summed E-state index contributed by atoms with van der Waals surface area (Å²) in [6, 6.07) is 8.46. The molecule has 0 aromatic heterocycles. The van der Waals surface area contributed by atoms with E-state index in [-0.39, 0.29) is 6.42 Å². The Morgan fingerprint density at radius 2 is 1.89 bits per heavy atom. The summed E-state index contributed by atoms with van der Waals surface area (Å²) in [6.07, 6.45) is -0.919. The number of hydrogen-bond acceptors (Lipinski definition) is 1. The van der Waals surface area contributed by atoms with Gasteiger partial charge < -0.3 is 5.11 Å². The van der Waals surface area contributed by atoms with Crippen LogP contribution in [0.2, 0.25) is 5.02 Å². The molecular weight excluding hydrogens is 270 g/mol. The van der Waals surface area contributed by atoms with E-state index in [4.69, 9.17) is 11.6 Å². The zero-order valence-electron chi connectivity index (χ0n) is 10.3. The van der Waals surface area contributed by atoms with Crippen molar-refractivity contribution in [3.63, 3.8) is 0 Å². The van der Waals surface area contributed by atoms with Crippen molar-refractivity contribution in [2.45, 2.75) is 19.4 Å². The number of hydrogen-bond donors (Lipinski definition) is 1. The minimum atomic E-state index is -0.970. The smallest absolute Gasteiger partial charge is 0.126 e. The maximum absolute atomic E-state index is 13.6. The van der Waals surface area contributed by atoms with Gasteiger partial charge in [0.15, 0.2) is 0 Å². The minimum Gasteiger partial charge on any atom is -0.388 e. The molecule has 0 aliphatic carbocycles. The quantitative estimate of drug-likeness (QED) is 0.894. The second-order valence-corrected chi connectivity index (χ2v) is 4.95. The second-order valence-electron chi connectivity index (χ2n) is 4.52. The van der Waals surface area contributed by atoms with Gasteiger partial charge in [-0.05, 0) is 53.9 Å². The predicted octanol–water partition coefficient (Wildman–Crippen LogP) is 4.20. The van der Waals surface area contributed by atoms with Crippen molar-refractivity contribution in [3.05, 3.63) is 69.7 Å². The van der Waals surface area contributed by atoms with Crippen molar-refractivity contribution in [2.24, 2.45) is 0 Å². The van der Waals surface area contributed by atoms with Crippen LogP contribution in [0.15, 0.2) is 36.4 Å². The topological polar surface area (TPSA) is 20.2 Å². The molecule has 100 valence electrons. The Labute approximate surface area is 115 Å². The molecule has 0 bridgehead atoms. The molecule has 0 spiro atoms. The normalized spacial score (nSPS) is 12.5. The minimum absolute atomic E-state index is 0.0509. The molecule has 2 aromatic rings. The first-order valence-corrected chi connectivity index (χ1v) is 6.22. The van der Waals surface area contributed by atoms with E-state index in [1.807, 2.05) is 0 Å². The summed E-state index contributed by atoms with van der Waals surface area (Å²) in [4.78, 5) is 0. The van der Waals surface area contributed by atoms with Crippen LogP contribution in [0.25, 0.3) is 0 Å². The summed E-state index contributed by atoms with van der Waals surface area (Å²) in [5, 5.41) is 10.5. The van der Waals surface area contributed by atoms with Gasteiger partial charge in [0.1, 0.15) is 11.6 Å². The molecule has 0 fully saturated rings. The molecule has 0 saturated heterocycles. The fourth-order valence-electron chi connectivity index (χ4n) is 1.98. The lowest BCUT2D eigenvalue weighted by Gasteiger charge is -2.13. The predicted molar refractivity (Wildman–Crippen MR) is 71.2 cm³/mol. The third-order valence-electron chi connectivity index (χ3n) is 2.87. The van der Waals surface area contributed by atoms with Gasteiger partial charge >= 0.3 is 0 Å². The summed E-state index contributed by atoms with van der Waals surface area (Å²) in [7, 11) is 0. The fourth-order valence-corrected chi connectivity index (χ4v) is 2.18. The van der Waals surface area contributed by atoms with Gasteiger partial charge in [-0.2, -0.15) is 0 Å². The van der Waals surface area contributed by atoms with Gasteiger partial charge in [0.2, 0.25) is 0 Å². The largest absolute Gasteiger partial charge is 0.388 e. The molecule has 1 N–H and O–H groups in total. The number of halogens is 3. The molecule has 0 amide bonds. The first-order chi connectivity index (χ1) is 8.95. The van der Waals surface area contributed by atoms with Crippen LogP contribution in [0.1, 0.15) is 22.8 Å². The lowest BCUT2D eigenvalue weighted by Crippen LogP contribution is -2.04. The molecule has 1 unspecified atom stereocenters. The van der Waals surface area contributed by atoms with Crippen LogP contribution in [-0.4, -0.2) is 5.11 Å². The Morgan fingerprint density at radius 3 is 2.58 bits per heavy atom. The average molecular weight is 283 g/mol. The highest BCUT2D eigenvalue weighted by Gasteiger charge is 2.13. The molecular formula is C15H13ClF2O. The van der Waals surface area contributed by atoms with E-state index < -0.39 is 17.7 Å². The van der Waals surface area contributed by atoms with E-state index in [0.717, 1.165) is 0 Å². The Morgan fingerprint density at radius 1 is 1.16 bits per heavy atom. The first-order valence-electron chi connectivity index (χ1n) is 5.85. The Hall–Kier alpha value is -1.45. The highest BCUT2D eigenvalue weighted by molar-refractivity contribution is 6.30. The summed E-state index contributed by atoms with van der Waals surface area (Å²) < 4.78 is 26.8. The van der Waals surface area contributed by atoms with Crippen LogP contribution >= 0.6 is 11.6 Å². The van der Waals surface area contributed by atoms with Crippen molar-refractivity contribution < 1.29 is 13.9 Å². The number of rotatable bonds is 3. The van der Waals surface area contributed by atoms with E-state index in [0.29, 0.717) is 21.7 Å². The highest BCUT2D eigenvalue weighted by Crippen LogP contribution is 2.23. The second kappa shape index (κ2) is 5.68. The van der Waals surface area contributed by atoms with E-state index in [1.54, 1.807) is 13.0 Å². The van der Waals surface area contributed by atoms with Gasteiger partial charge in [0, 0.05) is 11.4 Å². The molecule has 4 heteroatoms. The summed E-state index contributed by atoms with van der Waals surface area (Å²) in [6.45, 7) is 1.74. The van der Waals surface area contributed by atoms with Gasteiger partial charge in [-0.15, -0.1) is 0 Å². The monoisotopic (exact) mass is 282 g/mol. The lowest BCUT2D eigenvalue weighted by molar-refractivity contribution is 0.176. The van der Waals surface area contributed by atoms with E-state index in [1.165, 1.54) is 30.3 Å². The molecule has 19 heavy (non-hydrogen) atoms. The molecule has 1 atom stereocenters. The van der Waals surface area contributed by atoms with Crippen molar-refractivity contribution in [2.75, 3.05) is 0 Å². The zero-order valence-corrected chi connectivity index (χ0v) is 11.1. The SMILES string of the molecule is Cc1cc(F)cc(C(O)Cc2cc(Cl)ccc2F)c1. The van der Waals surface area contributed by atoms with Gasteiger partial charge in [0.05, 0.1) is 6.10 Å². The molecule has 0 aliphatic heterocycles. The standard InChI is InChI=1S/C15H13ClF2O/c1-9-4-11(7-13(17)5-9)15(19)8-10-6-12(16)2-3-14(10)18/h2-7,15,19H,8H2,1H3. The number of aliphatic hydroxyl groups is 1. The summed E-state index contributed by atoms with van der Waals surface area (Å²) in [5.74, 6) is -0.850. The third kappa shape index (κ3) is 3.52. The average Bonchev–Trinajstić information content (AvgIpc) is 2.32. The molecule has 1 nitrogen and oxygen atoms in total. The van der Waals surface area contributed by atoms with Crippen molar-refractivity contribution in [1.29, 1.82) is 0 Å². The number of aliphatic hydroxyl groups excluding tert-OH is 1. The molecule has 2 aromatic carbocycles. The van der Waals surface area contributed by atoms with Crippen LogP contribution in [0.3, 0.4) is 0 Å². The van der Waals surface area contributed by atoms with Gasteiger partial charge in [-0.3, -0.25) is 0 Å².